The van der Waals surface area contributed by atoms with Crippen LogP contribution >= 0.6 is 0 Å². The van der Waals surface area contributed by atoms with Crippen LogP contribution in [0.3, 0.4) is 0 Å². The fourth-order valence-corrected chi connectivity index (χ4v) is 2.16. The number of hydrogen-bond acceptors (Lipinski definition) is 1. The molecule has 0 amide bonds. The molecule has 0 saturated carbocycles. The highest BCUT2D eigenvalue weighted by Gasteiger charge is 2.42. The standard InChI is InChI=1S/C15H10F4O/c16-12-6-4-9(5-7-12)13-14(20-13)10-2-1-3-11(8-10)15(17,18)19/h1-8,13-14H. The topological polar surface area (TPSA) is 12.5 Å². The third kappa shape index (κ3) is 2.54. The van der Waals surface area contributed by atoms with Crippen molar-refractivity contribution in [3.05, 3.63) is 71.0 Å². The molecule has 3 rings (SSSR count). The van der Waals surface area contributed by atoms with Crippen LogP contribution in [0.4, 0.5) is 17.6 Å². The van der Waals surface area contributed by atoms with Crippen LogP contribution in [-0.4, -0.2) is 0 Å². The van der Waals surface area contributed by atoms with Crippen LogP contribution in [0.1, 0.15) is 28.9 Å². The maximum Gasteiger partial charge on any atom is 0.416 e. The highest BCUT2D eigenvalue weighted by atomic mass is 19.4. The first-order chi connectivity index (χ1) is 9.45. The molecule has 5 heteroatoms. The van der Waals surface area contributed by atoms with E-state index in [1.165, 1.54) is 18.2 Å². The number of halogens is 4. The van der Waals surface area contributed by atoms with E-state index in [0.717, 1.165) is 17.7 Å². The molecule has 0 radical (unpaired) electrons. The van der Waals surface area contributed by atoms with E-state index in [4.69, 9.17) is 4.74 Å². The Morgan fingerprint density at radius 1 is 0.850 bits per heavy atom. The van der Waals surface area contributed by atoms with E-state index in [1.807, 2.05) is 0 Å². The van der Waals surface area contributed by atoms with E-state index in [2.05, 4.69) is 0 Å². The molecule has 104 valence electrons. The van der Waals surface area contributed by atoms with Gasteiger partial charge in [-0.2, -0.15) is 13.2 Å². The maximum atomic E-state index is 12.8. The summed E-state index contributed by atoms with van der Waals surface area (Å²) in [7, 11) is 0. The summed E-state index contributed by atoms with van der Waals surface area (Å²) in [4.78, 5) is 0. The Bertz CT molecular complexity index is 619. The predicted molar refractivity (Wildman–Crippen MR) is 64.4 cm³/mol. The van der Waals surface area contributed by atoms with Gasteiger partial charge in [-0.05, 0) is 35.4 Å². The zero-order chi connectivity index (χ0) is 14.3. The maximum absolute atomic E-state index is 12.8. The van der Waals surface area contributed by atoms with E-state index in [-0.39, 0.29) is 11.9 Å². The van der Waals surface area contributed by atoms with Crippen molar-refractivity contribution in [1.82, 2.24) is 0 Å². The molecule has 1 aliphatic heterocycles. The van der Waals surface area contributed by atoms with Crippen molar-refractivity contribution in [3.63, 3.8) is 0 Å². The van der Waals surface area contributed by atoms with Crippen LogP contribution in [0.15, 0.2) is 48.5 Å². The van der Waals surface area contributed by atoms with Gasteiger partial charge in [0.2, 0.25) is 0 Å². The number of ether oxygens (including phenoxy) is 1. The van der Waals surface area contributed by atoms with E-state index < -0.39 is 17.8 Å². The highest BCUT2D eigenvalue weighted by Crippen LogP contribution is 2.51. The second-order valence-corrected chi connectivity index (χ2v) is 4.65. The third-order valence-electron chi connectivity index (χ3n) is 3.23. The Kier molecular flexibility index (Phi) is 3.01. The van der Waals surface area contributed by atoms with Gasteiger partial charge in [0.1, 0.15) is 18.0 Å². The summed E-state index contributed by atoms with van der Waals surface area (Å²) in [5, 5.41) is 0. The Labute approximate surface area is 112 Å². The Morgan fingerprint density at radius 2 is 1.50 bits per heavy atom. The van der Waals surface area contributed by atoms with Gasteiger partial charge < -0.3 is 4.74 Å². The molecule has 1 fully saturated rings. The van der Waals surface area contributed by atoms with Crippen LogP contribution in [0.2, 0.25) is 0 Å². The fourth-order valence-electron chi connectivity index (χ4n) is 2.16. The largest absolute Gasteiger partial charge is 0.416 e. The van der Waals surface area contributed by atoms with Crippen molar-refractivity contribution >= 4 is 0 Å². The fraction of sp³-hybridized carbons (Fsp3) is 0.200. The van der Waals surface area contributed by atoms with E-state index >= 15 is 0 Å². The van der Waals surface area contributed by atoms with Crippen molar-refractivity contribution in [2.45, 2.75) is 18.4 Å². The minimum absolute atomic E-state index is 0.306. The van der Waals surface area contributed by atoms with Gasteiger partial charge in [0, 0.05) is 0 Å². The normalized spacial score (nSPS) is 21.8. The van der Waals surface area contributed by atoms with Crippen LogP contribution in [0, 0.1) is 5.82 Å². The molecule has 1 nitrogen and oxygen atoms in total. The molecule has 0 spiro atoms. The molecule has 2 aromatic rings. The van der Waals surface area contributed by atoms with E-state index in [1.54, 1.807) is 18.2 Å². The summed E-state index contributed by atoms with van der Waals surface area (Å²) in [6.07, 6.45) is -5.07. The van der Waals surface area contributed by atoms with Crippen LogP contribution in [0.25, 0.3) is 0 Å². The smallest absolute Gasteiger partial charge is 0.359 e. The SMILES string of the molecule is Fc1ccc(C2OC2c2cccc(C(F)(F)F)c2)cc1. The average molecular weight is 282 g/mol. The zero-order valence-corrected chi connectivity index (χ0v) is 10.2. The van der Waals surface area contributed by atoms with Gasteiger partial charge in [-0.3, -0.25) is 0 Å². The van der Waals surface area contributed by atoms with Crippen LogP contribution in [0.5, 0.6) is 0 Å². The van der Waals surface area contributed by atoms with Gasteiger partial charge >= 0.3 is 6.18 Å². The summed E-state index contributed by atoms with van der Waals surface area (Å²) in [6.45, 7) is 0. The second-order valence-electron chi connectivity index (χ2n) is 4.65. The van der Waals surface area contributed by atoms with Crippen molar-refractivity contribution in [3.8, 4) is 0 Å². The van der Waals surface area contributed by atoms with Crippen molar-refractivity contribution < 1.29 is 22.3 Å². The Morgan fingerprint density at radius 3 is 2.15 bits per heavy atom. The van der Waals surface area contributed by atoms with Crippen LogP contribution in [-0.2, 0) is 10.9 Å². The monoisotopic (exact) mass is 282 g/mol. The molecule has 1 saturated heterocycles. The quantitative estimate of drug-likeness (QED) is 0.576. The minimum Gasteiger partial charge on any atom is -0.359 e. The summed E-state index contributed by atoms with van der Waals surface area (Å²) in [5.74, 6) is -0.356. The number of epoxide rings is 1. The zero-order valence-electron chi connectivity index (χ0n) is 10.2. The lowest BCUT2D eigenvalue weighted by atomic mass is 10.0. The number of hydrogen-bond donors (Lipinski definition) is 0. The molecule has 0 bridgehead atoms. The molecule has 2 unspecified atom stereocenters. The van der Waals surface area contributed by atoms with Crippen molar-refractivity contribution in [2.75, 3.05) is 0 Å². The molecular formula is C15H10F4O. The van der Waals surface area contributed by atoms with Crippen LogP contribution < -0.4 is 0 Å². The van der Waals surface area contributed by atoms with E-state index in [9.17, 15) is 17.6 Å². The lowest BCUT2D eigenvalue weighted by Gasteiger charge is -2.07. The molecular weight excluding hydrogens is 272 g/mol. The minimum atomic E-state index is -4.36. The second kappa shape index (κ2) is 4.59. The Balaban J connectivity index is 1.81. The lowest BCUT2D eigenvalue weighted by molar-refractivity contribution is -0.137. The highest BCUT2D eigenvalue weighted by molar-refractivity contribution is 5.33. The summed E-state index contributed by atoms with van der Waals surface area (Å²) in [6, 6.07) is 10.8. The average Bonchev–Trinajstić information content (AvgIpc) is 3.19. The molecule has 2 aromatic carbocycles. The van der Waals surface area contributed by atoms with Gasteiger partial charge in [-0.1, -0.05) is 24.3 Å². The number of rotatable bonds is 2. The first-order valence-electron chi connectivity index (χ1n) is 6.03. The molecule has 0 aliphatic carbocycles. The summed E-state index contributed by atoms with van der Waals surface area (Å²) >= 11 is 0. The molecule has 1 heterocycles. The number of benzene rings is 2. The van der Waals surface area contributed by atoms with Gasteiger partial charge in [0.05, 0.1) is 5.56 Å². The molecule has 0 N–H and O–H groups in total. The Hall–Kier alpha value is -1.88. The molecule has 0 aromatic heterocycles. The van der Waals surface area contributed by atoms with Crippen molar-refractivity contribution in [2.24, 2.45) is 0 Å². The lowest BCUT2D eigenvalue weighted by Crippen LogP contribution is -2.05. The third-order valence-corrected chi connectivity index (χ3v) is 3.23. The summed E-state index contributed by atoms with van der Waals surface area (Å²) < 4.78 is 56.1. The van der Waals surface area contributed by atoms with Gasteiger partial charge in [0.15, 0.2) is 0 Å². The van der Waals surface area contributed by atoms with Gasteiger partial charge in [-0.25, -0.2) is 4.39 Å². The molecule has 1 aliphatic rings. The first kappa shape index (κ1) is 13.1. The van der Waals surface area contributed by atoms with Crippen molar-refractivity contribution in [1.29, 1.82) is 0 Å². The summed E-state index contributed by atoms with van der Waals surface area (Å²) in [5.41, 5.74) is 0.548. The molecule has 2 atom stereocenters. The molecule has 20 heavy (non-hydrogen) atoms. The van der Waals surface area contributed by atoms with Gasteiger partial charge in [0.25, 0.3) is 0 Å². The van der Waals surface area contributed by atoms with Gasteiger partial charge in [-0.15, -0.1) is 0 Å². The first-order valence-corrected chi connectivity index (χ1v) is 6.03. The predicted octanol–water partition coefficient (Wildman–Crippen LogP) is 4.66. The number of alkyl halides is 3. The van der Waals surface area contributed by atoms with E-state index in [0.29, 0.717) is 5.56 Å².